The van der Waals surface area contributed by atoms with Gasteiger partial charge in [-0.2, -0.15) is 5.10 Å². The first kappa shape index (κ1) is 24.5. The van der Waals surface area contributed by atoms with E-state index in [1.54, 1.807) is 25.5 Å². The number of ether oxygens (including phenoxy) is 2. The molecule has 1 aliphatic heterocycles. The fourth-order valence-electron chi connectivity index (χ4n) is 4.39. The van der Waals surface area contributed by atoms with Crippen LogP contribution in [0.2, 0.25) is 0 Å². The van der Waals surface area contributed by atoms with Crippen molar-refractivity contribution < 1.29 is 18.7 Å². The van der Waals surface area contributed by atoms with Crippen molar-refractivity contribution in [3.8, 4) is 22.8 Å². The largest absolute Gasteiger partial charge is 0.457 e. The molecule has 1 aliphatic rings. The number of rotatable bonds is 4. The predicted octanol–water partition coefficient (Wildman–Crippen LogP) is 5.39. The Kier molecular flexibility index (Phi) is 6.41. The summed E-state index contributed by atoms with van der Waals surface area (Å²) in [5.74, 6) is 1.66. The highest BCUT2D eigenvalue weighted by Gasteiger charge is 2.36. The molecule has 37 heavy (non-hydrogen) atoms. The molecular weight excluding hydrogens is 475 g/mol. The molecule has 0 aliphatic carbocycles. The lowest BCUT2D eigenvalue weighted by Crippen LogP contribution is -2.47. The average Bonchev–Trinajstić information content (AvgIpc) is 3.25. The van der Waals surface area contributed by atoms with Crippen LogP contribution in [0, 0.1) is 0 Å². The smallest absolute Gasteiger partial charge is 0.410 e. The zero-order valence-electron chi connectivity index (χ0n) is 21.0. The SMILES string of the molecule is CC(C)(C)OC(=O)N1CCC(n2nc(-c3ccc(Oc4ccccc4)cc3)c3c(N)ncnc32)C(F)C1. The highest BCUT2D eigenvalue weighted by Crippen LogP contribution is 2.36. The first-order valence-electron chi connectivity index (χ1n) is 12.1. The maximum atomic E-state index is 15.5. The third kappa shape index (κ3) is 5.18. The summed E-state index contributed by atoms with van der Waals surface area (Å²) in [5.41, 5.74) is 7.36. The van der Waals surface area contributed by atoms with Gasteiger partial charge in [0.2, 0.25) is 0 Å². The summed E-state index contributed by atoms with van der Waals surface area (Å²) in [6.07, 6.45) is -0.191. The number of piperidine rings is 1. The molecule has 2 aromatic heterocycles. The number of nitrogen functional groups attached to an aromatic ring is 1. The van der Waals surface area contributed by atoms with Crippen molar-refractivity contribution >= 4 is 22.9 Å². The monoisotopic (exact) mass is 504 g/mol. The predicted molar refractivity (Wildman–Crippen MR) is 138 cm³/mol. The van der Waals surface area contributed by atoms with Crippen molar-refractivity contribution in [3.63, 3.8) is 0 Å². The number of nitrogens with zero attached hydrogens (tertiary/aromatic N) is 5. The molecule has 4 aromatic rings. The van der Waals surface area contributed by atoms with Gasteiger partial charge in [0, 0.05) is 12.1 Å². The lowest BCUT2D eigenvalue weighted by Gasteiger charge is -2.35. The van der Waals surface area contributed by atoms with Crippen LogP contribution in [0.3, 0.4) is 0 Å². The van der Waals surface area contributed by atoms with Gasteiger partial charge in [-0.3, -0.25) is 0 Å². The molecule has 3 heterocycles. The summed E-state index contributed by atoms with van der Waals surface area (Å²) in [5, 5.41) is 5.31. The van der Waals surface area contributed by atoms with Crippen molar-refractivity contribution in [1.82, 2.24) is 24.6 Å². The first-order valence-corrected chi connectivity index (χ1v) is 12.1. The van der Waals surface area contributed by atoms with Crippen LogP contribution in [0.4, 0.5) is 15.0 Å². The number of carbonyl (C=O) groups is 1. The van der Waals surface area contributed by atoms with Crippen LogP contribution in [0.5, 0.6) is 11.5 Å². The number of carbonyl (C=O) groups excluding carboxylic acids is 1. The van der Waals surface area contributed by atoms with Crippen LogP contribution < -0.4 is 10.5 Å². The Morgan fingerprint density at radius 3 is 2.43 bits per heavy atom. The standard InChI is InChI=1S/C27H29FN6O3/c1-27(2,3)37-26(35)33-14-13-21(20(28)15-33)34-25-22(24(29)30-16-31-25)23(32-34)17-9-11-19(12-10-17)36-18-7-5-4-6-8-18/h4-12,16,20-21H,13-15H2,1-3H3,(H2,29,30,31). The number of benzene rings is 2. The minimum Gasteiger partial charge on any atom is -0.457 e. The minimum atomic E-state index is -1.37. The highest BCUT2D eigenvalue weighted by molar-refractivity contribution is 5.98. The molecule has 0 spiro atoms. The quantitative estimate of drug-likeness (QED) is 0.397. The van der Waals surface area contributed by atoms with Crippen molar-refractivity contribution in [3.05, 3.63) is 60.9 Å². The number of likely N-dealkylation sites (tertiary alicyclic amines) is 1. The fourth-order valence-corrected chi connectivity index (χ4v) is 4.39. The van der Waals surface area contributed by atoms with Crippen LogP contribution >= 0.6 is 0 Å². The maximum Gasteiger partial charge on any atom is 0.410 e. The van der Waals surface area contributed by atoms with Crippen LogP contribution in [0.25, 0.3) is 22.3 Å². The van der Waals surface area contributed by atoms with Gasteiger partial charge in [-0.1, -0.05) is 18.2 Å². The molecule has 1 fully saturated rings. The van der Waals surface area contributed by atoms with E-state index >= 15 is 4.39 Å². The number of para-hydroxylation sites is 1. The minimum absolute atomic E-state index is 0.0949. The van der Waals surface area contributed by atoms with Gasteiger partial charge in [-0.05, 0) is 63.6 Å². The number of halogens is 1. The Labute approximate surface area is 214 Å². The van der Waals surface area contributed by atoms with Gasteiger partial charge in [0.1, 0.15) is 41.1 Å². The van der Waals surface area contributed by atoms with Gasteiger partial charge < -0.3 is 20.1 Å². The second kappa shape index (κ2) is 9.68. The third-order valence-corrected chi connectivity index (χ3v) is 6.10. The summed E-state index contributed by atoms with van der Waals surface area (Å²) in [7, 11) is 0. The van der Waals surface area contributed by atoms with E-state index < -0.39 is 23.9 Å². The number of hydrogen-bond donors (Lipinski definition) is 1. The second-order valence-electron chi connectivity index (χ2n) is 9.99. The van der Waals surface area contributed by atoms with E-state index in [2.05, 4.69) is 9.97 Å². The van der Waals surface area contributed by atoms with Crippen LogP contribution in [-0.2, 0) is 4.74 Å². The molecule has 0 bridgehead atoms. The topological polar surface area (TPSA) is 108 Å². The molecule has 192 valence electrons. The molecular formula is C27H29FN6O3. The molecule has 2 N–H and O–H groups in total. The normalized spacial score (nSPS) is 18.1. The van der Waals surface area contributed by atoms with Gasteiger partial charge in [0.15, 0.2) is 5.65 Å². The lowest BCUT2D eigenvalue weighted by atomic mass is 10.0. The Morgan fingerprint density at radius 1 is 1.05 bits per heavy atom. The first-order chi connectivity index (χ1) is 17.7. The van der Waals surface area contributed by atoms with Crippen molar-refractivity contribution in [2.45, 2.75) is 45.0 Å². The van der Waals surface area contributed by atoms with E-state index in [4.69, 9.17) is 20.3 Å². The molecule has 9 nitrogen and oxygen atoms in total. The highest BCUT2D eigenvalue weighted by atomic mass is 19.1. The third-order valence-electron chi connectivity index (χ3n) is 6.10. The molecule has 2 atom stereocenters. The van der Waals surface area contributed by atoms with Gasteiger partial charge in [0.25, 0.3) is 0 Å². The van der Waals surface area contributed by atoms with Gasteiger partial charge in [0.05, 0.1) is 18.0 Å². The van der Waals surface area contributed by atoms with Crippen molar-refractivity contribution in [2.24, 2.45) is 0 Å². The lowest BCUT2D eigenvalue weighted by molar-refractivity contribution is 0.00611. The molecule has 2 aromatic carbocycles. The van der Waals surface area contributed by atoms with E-state index in [0.29, 0.717) is 35.4 Å². The molecule has 10 heteroatoms. The number of amides is 1. The Hall–Kier alpha value is -4.21. The summed E-state index contributed by atoms with van der Waals surface area (Å²) in [4.78, 5) is 22.4. The average molecular weight is 505 g/mol. The van der Waals surface area contributed by atoms with Crippen LogP contribution in [-0.4, -0.2) is 55.6 Å². The number of hydrogen-bond acceptors (Lipinski definition) is 7. The Balaban J connectivity index is 1.42. The summed E-state index contributed by atoms with van der Waals surface area (Å²) in [6, 6.07) is 16.3. The number of anilines is 1. The fraction of sp³-hybridized carbons (Fsp3) is 0.333. The molecule has 0 radical (unpaired) electrons. The summed E-state index contributed by atoms with van der Waals surface area (Å²) < 4.78 is 28.4. The van der Waals surface area contributed by atoms with Gasteiger partial charge in [-0.15, -0.1) is 0 Å². The zero-order chi connectivity index (χ0) is 26.2. The molecule has 0 saturated carbocycles. The van der Waals surface area contributed by atoms with E-state index in [1.165, 1.54) is 11.2 Å². The summed E-state index contributed by atoms with van der Waals surface area (Å²) >= 11 is 0. The number of nitrogens with two attached hydrogens (primary N) is 1. The van der Waals surface area contributed by atoms with E-state index in [1.807, 2.05) is 54.6 Å². The van der Waals surface area contributed by atoms with Gasteiger partial charge in [-0.25, -0.2) is 23.8 Å². The zero-order valence-corrected chi connectivity index (χ0v) is 21.0. The molecule has 2 unspecified atom stereocenters. The van der Waals surface area contributed by atoms with Gasteiger partial charge >= 0.3 is 6.09 Å². The second-order valence-corrected chi connectivity index (χ2v) is 9.99. The molecule has 1 amide bonds. The van der Waals surface area contributed by atoms with Crippen LogP contribution in [0.15, 0.2) is 60.9 Å². The number of alkyl halides is 1. The number of fused-ring (bicyclic) bond motifs is 1. The Bertz CT molecular complexity index is 1400. The summed E-state index contributed by atoms with van der Waals surface area (Å²) in [6.45, 7) is 5.59. The van der Waals surface area contributed by atoms with E-state index in [9.17, 15) is 4.79 Å². The van der Waals surface area contributed by atoms with Crippen molar-refractivity contribution in [1.29, 1.82) is 0 Å². The van der Waals surface area contributed by atoms with E-state index in [0.717, 1.165) is 11.3 Å². The van der Waals surface area contributed by atoms with Crippen LogP contribution in [0.1, 0.15) is 33.2 Å². The molecule has 1 saturated heterocycles. The Morgan fingerprint density at radius 2 is 1.76 bits per heavy atom. The maximum absolute atomic E-state index is 15.5. The molecule has 5 rings (SSSR count). The van der Waals surface area contributed by atoms with E-state index in [-0.39, 0.29) is 12.4 Å². The van der Waals surface area contributed by atoms with Crippen molar-refractivity contribution in [2.75, 3.05) is 18.8 Å². The number of aromatic nitrogens is 4.